The number of pyridine rings is 1. The lowest BCUT2D eigenvalue weighted by Crippen LogP contribution is -2.35. The summed E-state index contributed by atoms with van der Waals surface area (Å²) >= 11 is 4.91. The SMILES string of the molecule is C=C(NNC(=O)c1ccncc1)c1ccc(Br)s1. The van der Waals surface area contributed by atoms with E-state index >= 15 is 0 Å². The van der Waals surface area contributed by atoms with Crippen LogP contribution >= 0.6 is 27.3 Å². The maximum absolute atomic E-state index is 11.7. The van der Waals surface area contributed by atoms with Crippen LogP contribution in [0.3, 0.4) is 0 Å². The molecule has 2 heterocycles. The van der Waals surface area contributed by atoms with Crippen LogP contribution in [0.15, 0.2) is 47.0 Å². The summed E-state index contributed by atoms with van der Waals surface area (Å²) in [5.74, 6) is -0.228. The summed E-state index contributed by atoms with van der Waals surface area (Å²) in [5.41, 5.74) is 6.55. The smallest absolute Gasteiger partial charge is 0.269 e. The first-order valence-corrected chi connectivity index (χ1v) is 6.69. The molecule has 0 atom stereocenters. The molecule has 18 heavy (non-hydrogen) atoms. The number of thiophene rings is 1. The Morgan fingerprint density at radius 1 is 1.22 bits per heavy atom. The Morgan fingerprint density at radius 3 is 2.56 bits per heavy atom. The van der Waals surface area contributed by atoms with E-state index in [1.165, 1.54) is 11.3 Å². The molecule has 0 unspecified atom stereocenters. The first-order chi connectivity index (χ1) is 8.66. The molecule has 6 heteroatoms. The quantitative estimate of drug-likeness (QED) is 0.851. The van der Waals surface area contributed by atoms with Crippen molar-refractivity contribution in [1.82, 2.24) is 15.8 Å². The lowest BCUT2D eigenvalue weighted by molar-refractivity contribution is 0.0942. The van der Waals surface area contributed by atoms with Crippen molar-refractivity contribution in [2.24, 2.45) is 0 Å². The third-order valence-electron chi connectivity index (χ3n) is 2.14. The van der Waals surface area contributed by atoms with Gasteiger partial charge in [-0.3, -0.25) is 20.6 Å². The van der Waals surface area contributed by atoms with E-state index in [1.54, 1.807) is 24.5 Å². The second-order valence-corrected chi connectivity index (χ2v) is 5.86. The predicted octanol–water partition coefficient (Wildman–Crippen LogP) is 2.81. The topological polar surface area (TPSA) is 54.0 Å². The van der Waals surface area contributed by atoms with Crippen molar-refractivity contribution < 1.29 is 4.79 Å². The minimum absolute atomic E-state index is 0.228. The first kappa shape index (κ1) is 12.8. The van der Waals surface area contributed by atoms with Gasteiger partial charge < -0.3 is 0 Å². The largest absolute Gasteiger partial charge is 0.298 e. The molecule has 0 spiro atoms. The molecule has 0 aliphatic rings. The van der Waals surface area contributed by atoms with Crippen LogP contribution in [0.4, 0.5) is 0 Å². The van der Waals surface area contributed by atoms with Crippen molar-refractivity contribution in [1.29, 1.82) is 0 Å². The Hall–Kier alpha value is -1.66. The van der Waals surface area contributed by atoms with Crippen molar-refractivity contribution >= 4 is 38.9 Å². The third-order valence-corrected chi connectivity index (χ3v) is 3.82. The molecule has 0 aliphatic carbocycles. The molecule has 0 saturated heterocycles. The lowest BCUT2D eigenvalue weighted by Gasteiger charge is -2.09. The van der Waals surface area contributed by atoms with E-state index in [9.17, 15) is 4.79 Å². The monoisotopic (exact) mass is 323 g/mol. The van der Waals surface area contributed by atoms with Crippen LogP contribution in [0.25, 0.3) is 5.70 Å². The fourth-order valence-corrected chi connectivity index (χ4v) is 2.56. The number of aromatic nitrogens is 1. The van der Waals surface area contributed by atoms with E-state index in [2.05, 4.69) is 38.3 Å². The predicted molar refractivity (Wildman–Crippen MR) is 75.9 cm³/mol. The molecule has 2 rings (SSSR count). The summed E-state index contributed by atoms with van der Waals surface area (Å²) in [6, 6.07) is 7.13. The first-order valence-electron chi connectivity index (χ1n) is 5.08. The summed E-state index contributed by atoms with van der Waals surface area (Å²) in [6.45, 7) is 3.86. The molecule has 0 radical (unpaired) electrons. The standard InChI is InChI=1S/C12H10BrN3OS/c1-8(10-2-3-11(13)18-10)15-16-12(17)9-4-6-14-7-5-9/h2-7,15H,1H2,(H,16,17). The van der Waals surface area contributed by atoms with Gasteiger partial charge in [-0.15, -0.1) is 11.3 Å². The van der Waals surface area contributed by atoms with Crippen LogP contribution in [-0.4, -0.2) is 10.9 Å². The molecular weight excluding hydrogens is 314 g/mol. The maximum Gasteiger partial charge on any atom is 0.269 e. The number of carbonyl (C=O) groups is 1. The summed E-state index contributed by atoms with van der Waals surface area (Å²) in [4.78, 5) is 16.5. The van der Waals surface area contributed by atoms with Crippen molar-refractivity contribution in [2.45, 2.75) is 0 Å². The van der Waals surface area contributed by atoms with Crippen molar-refractivity contribution in [3.05, 3.63) is 57.5 Å². The number of hydrazine groups is 1. The summed E-state index contributed by atoms with van der Waals surface area (Å²) < 4.78 is 1.01. The van der Waals surface area contributed by atoms with Gasteiger partial charge in [-0.05, 0) is 40.2 Å². The molecule has 0 aliphatic heterocycles. The van der Waals surface area contributed by atoms with E-state index in [0.717, 1.165) is 8.66 Å². The van der Waals surface area contributed by atoms with E-state index in [-0.39, 0.29) is 5.91 Å². The van der Waals surface area contributed by atoms with Gasteiger partial charge in [-0.1, -0.05) is 6.58 Å². The fraction of sp³-hybridized carbons (Fsp3) is 0. The van der Waals surface area contributed by atoms with Gasteiger partial charge >= 0.3 is 0 Å². The van der Waals surface area contributed by atoms with Gasteiger partial charge in [-0.25, -0.2) is 0 Å². The van der Waals surface area contributed by atoms with E-state index in [0.29, 0.717) is 11.3 Å². The number of amides is 1. The van der Waals surface area contributed by atoms with Gasteiger partial charge in [0.1, 0.15) is 0 Å². The minimum atomic E-state index is -0.228. The summed E-state index contributed by atoms with van der Waals surface area (Å²) in [6.07, 6.45) is 3.14. The van der Waals surface area contributed by atoms with Gasteiger partial charge in [0.25, 0.3) is 5.91 Å². The number of halogens is 1. The Labute approximate surface area is 117 Å². The molecule has 2 aromatic heterocycles. The zero-order valence-electron chi connectivity index (χ0n) is 9.31. The summed E-state index contributed by atoms with van der Waals surface area (Å²) in [7, 11) is 0. The van der Waals surface area contributed by atoms with Gasteiger partial charge in [0.05, 0.1) is 14.4 Å². The zero-order valence-corrected chi connectivity index (χ0v) is 11.7. The molecule has 1 amide bonds. The highest BCUT2D eigenvalue weighted by Gasteiger charge is 2.06. The van der Waals surface area contributed by atoms with Crippen LogP contribution in [-0.2, 0) is 0 Å². The molecular formula is C12H10BrN3OS. The number of nitrogens with one attached hydrogen (secondary N) is 2. The van der Waals surface area contributed by atoms with Crippen LogP contribution in [0.1, 0.15) is 15.2 Å². The second-order valence-electron chi connectivity index (χ2n) is 3.40. The highest BCUT2D eigenvalue weighted by Crippen LogP contribution is 2.25. The average Bonchev–Trinajstić information content (AvgIpc) is 2.83. The van der Waals surface area contributed by atoms with Crippen LogP contribution in [0, 0.1) is 0 Å². The van der Waals surface area contributed by atoms with Crippen molar-refractivity contribution in [3.63, 3.8) is 0 Å². The van der Waals surface area contributed by atoms with Gasteiger partial charge in [-0.2, -0.15) is 0 Å². The maximum atomic E-state index is 11.7. The fourth-order valence-electron chi connectivity index (χ4n) is 1.25. The van der Waals surface area contributed by atoms with Gasteiger partial charge in [0.15, 0.2) is 0 Å². The third kappa shape index (κ3) is 3.18. The molecule has 0 aromatic carbocycles. The van der Waals surface area contributed by atoms with Gasteiger partial charge in [0.2, 0.25) is 0 Å². The normalized spacial score (nSPS) is 9.83. The van der Waals surface area contributed by atoms with E-state index in [4.69, 9.17) is 0 Å². The number of rotatable bonds is 4. The molecule has 0 fully saturated rings. The number of hydrogen-bond donors (Lipinski definition) is 2. The molecule has 0 saturated carbocycles. The number of nitrogens with zero attached hydrogens (tertiary/aromatic N) is 1. The average molecular weight is 324 g/mol. The number of carbonyl (C=O) groups excluding carboxylic acids is 1. The minimum Gasteiger partial charge on any atom is -0.298 e. The highest BCUT2D eigenvalue weighted by atomic mass is 79.9. The van der Waals surface area contributed by atoms with E-state index < -0.39 is 0 Å². The molecule has 2 aromatic rings. The Bertz CT molecular complexity index is 568. The number of hydrogen-bond acceptors (Lipinski definition) is 4. The molecule has 4 nitrogen and oxygen atoms in total. The zero-order chi connectivity index (χ0) is 13.0. The van der Waals surface area contributed by atoms with Crippen molar-refractivity contribution in [3.8, 4) is 0 Å². The summed E-state index contributed by atoms with van der Waals surface area (Å²) in [5, 5.41) is 0. The van der Waals surface area contributed by atoms with Crippen LogP contribution < -0.4 is 10.9 Å². The Morgan fingerprint density at radius 2 is 1.94 bits per heavy atom. The van der Waals surface area contributed by atoms with E-state index in [1.807, 2.05) is 12.1 Å². The highest BCUT2D eigenvalue weighted by molar-refractivity contribution is 9.11. The molecule has 0 bridgehead atoms. The molecule has 92 valence electrons. The van der Waals surface area contributed by atoms with Gasteiger partial charge in [0, 0.05) is 18.0 Å². The molecule has 2 N–H and O–H groups in total. The lowest BCUT2D eigenvalue weighted by atomic mass is 10.2. The Kier molecular flexibility index (Phi) is 4.11. The van der Waals surface area contributed by atoms with Crippen LogP contribution in [0.5, 0.6) is 0 Å². The van der Waals surface area contributed by atoms with Crippen molar-refractivity contribution in [2.75, 3.05) is 0 Å². The Balaban J connectivity index is 1.92. The van der Waals surface area contributed by atoms with Crippen LogP contribution in [0.2, 0.25) is 0 Å². The second kappa shape index (κ2) is 5.79.